The third kappa shape index (κ3) is 58.2. The highest BCUT2D eigenvalue weighted by Crippen LogP contribution is 2.18. The summed E-state index contributed by atoms with van der Waals surface area (Å²) in [5.41, 5.74) is 4.47. The topological polar surface area (TPSA) is 37.3 Å². The molecule has 0 aromatic rings. The number of hydrogen-bond donors (Lipinski definition) is 1. The monoisotopic (exact) mass is 733 g/mol. The number of carbonyl (C=O) groups excluding carboxylic acids is 1. The molecule has 0 radical (unpaired) electrons. The van der Waals surface area contributed by atoms with Crippen molar-refractivity contribution in [3.05, 3.63) is 36.0 Å². The van der Waals surface area contributed by atoms with E-state index in [1.54, 1.807) is 0 Å². The molecule has 0 aromatic carbocycles. The maximum Gasteiger partial charge on any atom is 0.106 e. The van der Waals surface area contributed by atoms with Gasteiger partial charge in [-0.1, -0.05) is 225 Å². The average Bonchev–Trinajstić information content (AvgIpc) is 3.16. The first-order valence-electron chi connectivity index (χ1n) is 23.4. The molecule has 2 heteroatoms. The smallest absolute Gasteiger partial charge is 0.106 e. The average molecular weight is 733 g/mol. The Balaban J connectivity index is -0.000000325. The first-order valence-corrected chi connectivity index (χ1v) is 23.4. The second-order valence-electron chi connectivity index (χ2n) is 15.5. The lowest BCUT2D eigenvalue weighted by atomic mass is 10.0. The molecular formula is C50H100O2. The molecule has 0 rings (SSSR count). The molecule has 0 spiro atoms. The summed E-state index contributed by atoms with van der Waals surface area (Å²) in [5.74, 6) is 0. The Morgan fingerprint density at radius 1 is 0.365 bits per heavy atom. The van der Waals surface area contributed by atoms with Crippen LogP contribution in [0.3, 0.4) is 0 Å². The predicted octanol–water partition coefficient (Wildman–Crippen LogP) is 18.0. The molecule has 0 aromatic heterocycles. The zero-order valence-corrected chi connectivity index (χ0v) is 37.2. The van der Waals surface area contributed by atoms with Crippen LogP contribution in [-0.4, -0.2) is 18.5 Å². The Bertz CT molecular complexity index is 642. The van der Waals surface area contributed by atoms with Crippen LogP contribution in [0, 0.1) is 0 Å². The van der Waals surface area contributed by atoms with Crippen molar-refractivity contribution in [3.63, 3.8) is 0 Å². The van der Waals surface area contributed by atoms with E-state index < -0.39 is 0 Å². The Morgan fingerprint density at radius 3 is 0.923 bits per heavy atom. The van der Waals surface area contributed by atoms with E-state index in [4.69, 9.17) is 9.90 Å². The van der Waals surface area contributed by atoms with E-state index >= 15 is 0 Å². The number of allylic oxidation sites excluding steroid dienone is 3. The summed E-state index contributed by atoms with van der Waals surface area (Å²) >= 11 is 0. The molecule has 0 fully saturated rings. The minimum Gasteiger partial charge on any atom is -0.396 e. The van der Waals surface area contributed by atoms with Crippen LogP contribution in [0.15, 0.2) is 36.0 Å². The molecule has 2 nitrogen and oxygen atoms in total. The van der Waals surface area contributed by atoms with Gasteiger partial charge in [-0.2, -0.15) is 0 Å². The third-order valence-electron chi connectivity index (χ3n) is 10.1. The number of rotatable bonds is 37. The second-order valence-corrected chi connectivity index (χ2v) is 15.5. The largest absolute Gasteiger partial charge is 0.396 e. The van der Waals surface area contributed by atoms with Gasteiger partial charge in [0.1, 0.15) is 6.79 Å². The van der Waals surface area contributed by atoms with E-state index in [0.29, 0.717) is 6.61 Å². The summed E-state index contributed by atoms with van der Waals surface area (Å²) in [5, 5.41) is 9.07. The van der Waals surface area contributed by atoms with E-state index in [-0.39, 0.29) is 0 Å². The van der Waals surface area contributed by atoms with Gasteiger partial charge < -0.3 is 9.90 Å². The van der Waals surface area contributed by atoms with Crippen LogP contribution >= 0.6 is 0 Å². The van der Waals surface area contributed by atoms with Gasteiger partial charge in [-0.3, -0.25) is 0 Å². The number of aliphatic hydroxyl groups is 1. The van der Waals surface area contributed by atoms with Crippen molar-refractivity contribution in [2.45, 2.75) is 273 Å². The summed E-state index contributed by atoms with van der Waals surface area (Å²) in [7, 11) is 0. The first-order chi connectivity index (χ1) is 25.5. The normalized spacial score (nSPS) is 10.8. The quantitative estimate of drug-likeness (QED) is 0.0510. The molecule has 0 saturated heterocycles. The Labute approximate surface area is 331 Å². The van der Waals surface area contributed by atoms with E-state index in [9.17, 15) is 0 Å². The molecule has 0 heterocycles. The molecule has 0 unspecified atom stereocenters. The van der Waals surface area contributed by atoms with Crippen LogP contribution in [0.4, 0.5) is 0 Å². The molecule has 312 valence electrons. The summed E-state index contributed by atoms with van der Waals surface area (Å²) in [4.78, 5) is 8.00. The summed E-state index contributed by atoms with van der Waals surface area (Å²) in [6.07, 6.45) is 50.7. The molecule has 0 amide bonds. The zero-order valence-electron chi connectivity index (χ0n) is 37.2. The van der Waals surface area contributed by atoms with Crippen LogP contribution in [-0.2, 0) is 4.79 Å². The van der Waals surface area contributed by atoms with Crippen LogP contribution in [0.5, 0.6) is 0 Å². The lowest BCUT2D eigenvalue weighted by Crippen LogP contribution is -1.91. The van der Waals surface area contributed by atoms with Crippen molar-refractivity contribution in [2.24, 2.45) is 0 Å². The minimum atomic E-state index is 0.315. The second kappa shape index (κ2) is 56.6. The maximum absolute atomic E-state index is 9.07. The van der Waals surface area contributed by atoms with Gasteiger partial charge in [0.25, 0.3) is 0 Å². The molecule has 0 bridgehead atoms. The van der Waals surface area contributed by atoms with Crippen LogP contribution in [0.2, 0.25) is 0 Å². The molecule has 0 aliphatic carbocycles. The van der Waals surface area contributed by atoms with Gasteiger partial charge in [0.15, 0.2) is 0 Å². The summed E-state index contributed by atoms with van der Waals surface area (Å²) < 4.78 is 0. The number of aliphatic hydroxyl groups excluding tert-OH is 1. The van der Waals surface area contributed by atoms with Crippen molar-refractivity contribution in [2.75, 3.05) is 6.61 Å². The molecule has 1 N–H and O–H groups in total. The highest BCUT2D eigenvalue weighted by molar-refractivity contribution is 5.11. The fraction of sp³-hybridized carbons (Fsp3) is 0.860. The Hall–Kier alpha value is -1.15. The van der Waals surface area contributed by atoms with E-state index in [0.717, 1.165) is 6.42 Å². The zero-order chi connectivity index (χ0) is 39.6. The molecule has 0 saturated carbocycles. The number of carbonyl (C=O) groups is 1. The van der Waals surface area contributed by atoms with Crippen molar-refractivity contribution in [1.82, 2.24) is 0 Å². The third-order valence-corrected chi connectivity index (χ3v) is 10.1. The molecule has 0 aliphatic heterocycles. The van der Waals surface area contributed by atoms with Gasteiger partial charge in [0.05, 0.1) is 0 Å². The van der Waals surface area contributed by atoms with E-state index in [1.807, 2.05) is 6.79 Å². The van der Waals surface area contributed by atoms with E-state index in [2.05, 4.69) is 60.8 Å². The van der Waals surface area contributed by atoms with Crippen LogP contribution in [0.25, 0.3) is 0 Å². The first kappa shape index (κ1) is 57.6. The van der Waals surface area contributed by atoms with Crippen molar-refractivity contribution in [1.29, 1.82) is 0 Å². The Morgan fingerprint density at radius 2 is 0.615 bits per heavy atom. The van der Waals surface area contributed by atoms with E-state index in [1.165, 1.54) is 241 Å². The fourth-order valence-electron chi connectivity index (χ4n) is 6.47. The highest BCUT2D eigenvalue weighted by Gasteiger charge is 1.99. The minimum absolute atomic E-state index is 0.315. The number of unbranched alkanes of at least 4 members (excludes halogenated alkanes) is 24. The van der Waals surface area contributed by atoms with Gasteiger partial charge in [0, 0.05) is 6.61 Å². The number of hydrogen-bond acceptors (Lipinski definition) is 2. The van der Waals surface area contributed by atoms with Gasteiger partial charge in [-0.05, 0) is 83.5 Å². The van der Waals surface area contributed by atoms with Crippen LogP contribution < -0.4 is 0 Å². The molecular weight excluding hydrogens is 633 g/mol. The van der Waals surface area contributed by atoms with Gasteiger partial charge in [0.2, 0.25) is 0 Å². The molecule has 52 heavy (non-hydrogen) atoms. The SMILES string of the molecule is C=C(CCCCCC)CCCCCCCC.C=C(CCCCCC)CCCCCCCC.C=O.CCCCC/C=C(/CCO)CCCCCCCC. The lowest BCUT2D eigenvalue weighted by Gasteiger charge is -2.06. The van der Waals surface area contributed by atoms with Gasteiger partial charge in [-0.15, -0.1) is 0 Å². The maximum atomic E-state index is 9.07. The fourth-order valence-corrected chi connectivity index (χ4v) is 6.47. The standard InChI is InChI=1S/C17H34O.2C16H32.CH2O/c1-3-5-7-9-10-12-14-17(15-16-18)13-11-8-6-4-2;2*1-4-6-8-10-11-13-15-16(3)14-12-9-7-5-2;1-2/h13,18H,3-12,14-16H2,1-2H3;2*3-15H2,1-2H3;1H2/b17-13+;;;. The van der Waals surface area contributed by atoms with Crippen molar-refractivity contribution in [3.8, 4) is 0 Å². The van der Waals surface area contributed by atoms with Crippen molar-refractivity contribution < 1.29 is 9.90 Å². The van der Waals surface area contributed by atoms with Gasteiger partial charge in [-0.25, -0.2) is 0 Å². The molecule has 0 aliphatic rings. The van der Waals surface area contributed by atoms with Gasteiger partial charge >= 0.3 is 0 Å². The summed E-state index contributed by atoms with van der Waals surface area (Å²) in [6, 6.07) is 0. The Kier molecular flexibility index (Phi) is 62.6. The molecule has 0 atom stereocenters. The predicted molar refractivity (Wildman–Crippen MR) is 241 cm³/mol. The highest BCUT2D eigenvalue weighted by atomic mass is 16.3. The van der Waals surface area contributed by atoms with Crippen molar-refractivity contribution >= 4 is 6.79 Å². The summed E-state index contributed by atoms with van der Waals surface area (Å²) in [6.45, 7) is 24.3. The van der Waals surface area contributed by atoms with Crippen LogP contribution in [0.1, 0.15) is 273 Å². The lowest BCUT2D eigenvalue weighted by molar-refractivity contribution is -0.0980.